The molecule has 0 aromatic heterocycles. The number of amides is 1. The zero-order valence-corrected chi connectivity index (χ0v) is 15.5. The van der Waals surface area contributed by atoms with E-state index >= 15 is 0 Å². The van der Waals surface area contributed by atoms with Crippen LogP contribution in [-0.2, 0) is 11.2 Å². The fraction of sp³-hybridized carbons (Fsp3) is 0.381. The topological polar surface area (TPSA) is 47.6 Å². The summed E-state index contributed by atoms with van der Waals surface area (Å²) in [7, 11) is 1.66. The van der Waals surface area contributed by atoms with Crippen molar-refractivity contribution in [2.45, 2.75) is 39.7 Å². The van der Waals surface area contributed by atoms with E-state index in [9.17, 15) is 4.79 Å². The molecule has 0 saturated carbocycles. The predicted molar refractivity (Wildman–Crippen MR) is 100 cm³/mol. The number of methoxy groups -OCH3 is 1. The highest BCUT2D eigenvalue weighted by Gasteiger charge is 2.15. The number of carbonyl (C=O) groups excluding carboxylic acids is 1. The molecule has 2 rings (SSSR count). The van der Waals surface area contributed by atoms with Crippen LogP contribution in [0.4, 0.5) is 0 Å². The molecule has 2 aromatic carbocycles. The Morgan fingerprint density at radius 2 is 1.96 bits per heavy atom. The molecule has 1 amide bonds. The third-order valence-electron chi connectivity index (χ3n) is 4.08. The van der Waals surface area contributed by atoms with Gasteiger partial charge >= 0.3 is 0 Å². The summed E-state index contributed by atoms with van der Waals surface area (Å²) in [6.07, 6.45) is 1.25. The van der Waals surface area contributed by atoms with Gasteiger partial charge in [0.25, 0.3) is 5.91 Å². The molecule has 0 unspecified atom stereocenters. The normalized spacial score (nSPS) is 11.7. The number of nitrogens with one attached hydrogen (secondary N) is 1. The molecule has 2 aromatic rings. The number of ether oxygens (including phenoxy) is 2. The van der Waals surface area contributed by atoms with E-state index in [0.29, 0.717) is 6.54 Å². The summed E-state index contributed by atoms with van der Waals surface area (Å²) in [5, 5.41) is 2.94. The Bertz CT molecular complexity index is 712. The number of hydrogen-bond donors (Lipinski definition) is 1. The van der Waals surface area contributed by atoms with Crippen LogP contribution in [-0.4, -0.2) is 25.7 Å². The molecule has 0 heterocycles. The monoisotopic (exact) mass is 341 g/mol. The maximum absolute atomic E-state index is 12.2. The maximum atomic E-state index is 12.2. The van der Waals surface area contributed by atoms with Gasteiger partial charge in [0.15, 0.2) is 6.10 Å². The summed E-state index contributed by atoms with van der Waals surface area (Å²) in [4.78, 5) is 12.2. The van der Waals surface area contributed by atoms with Crippen molar-refractivity contribution < 1.29 is 14.3 Å². The van der Waals surface area contributed by atoms with E-state index in [0.717, 1.165) is 29.9 Å². The van der Waals surface area contributed by atoms with Gasteiger partial charge in [0.05, 0.1) is 7.11 Å². The van der Waals surface area contributed by atoms with Crippen LogP contribution in [0.15, 0.2) is 42.5 Å². The van der Waals surface area contributed by atoms with Crippen LogP contribution in [0.25, 0.3) is 0 Å². The van der Waals surface area contributed by atoms with Crippen molar-refractivity contribution in [3.8, 4) is 11.5 Å². The molecule has 0 fully saturated rings. The third kappa shape index (κ3) is 5.82. The molecule has 0 saturated heterocycles. The first-order valence-electron chi connectivity index (χ1n) is 8.64. The number of aryl methyl sites for hydroxylation is 3. The minimum atomic E-state index is -0.516. The fourth-order valence-corrected chi connectivity index (χ4v) is 2.65. The molecule has 4 nitrogen and oxygen atoms in total. The van der Waals surface area contributed by atoms with Crippen LogP contribution in [0.2, 0.25) is 0 Å². The summed E-state index contributed by atoms with van der Waals surface area (Å²) < 4.78 is 11.0. The van der Waals surface area contributed by atoms with Gasteiger partial charge in [-0.05, 0) is 62.9 Å². The van der Waals surface area contributed by atoms with Gasteiger partial charge in [0.1, 0.15) is 11.5 Å². The average Bonchev–Trinajstić information content (AvgIpc) is 2.61. The molecule has 25 heavy (non-hydrogen) atoms. The zero-order chi connectivity index (χ0) is 18.2. The molecular formula is C21H27NO3. The van der Waals surface area contributed by atoms with Crippen LogP contribution in [0.5, 0.6) is 11.5 Å². The first-order valence-corrected chi connectivity index (χ1v) is 8.64. The van der Waals surface area contributed by atoms with Crippen LogP contribution in [0, 0.1) is 13.8 Å². The number of carbonyl (C=O) groups is 1. The van der Waals surface area contributed by atoms with E-state index in [2.05, 4.69) is 11.4 Å². The Hall–Kier alpha value is -2.49. The first-order chi connectivity index (χ1) is 12.0. The molecule has 1 N–H and O–H groups in total. The molecule has 1 atom stereocenters. The van der Waals surface area contributed by atoms with Crippen molar-refractivity contribution in [3.05, 3.63) is 59.2 Å². The van der Waals surface area contributed by atoms with Crippen molar-refractivity contribution in [3.63, 3.8) is 0 Å². The Morgan fingerprint density at radius 3 is 2.68 bits per heavy atom. The molecule has 0 aliphatic carbocycles. The lowest BCUT2D eigenvalue weighted by Crippen LogP contribution is -2.37. The molecule has 0 radical (unpaired) electrons. The minimum absolute atomic E-state index is 0.0920. The molecule has 0 spiro atoms. The summed E-state index contributed by atoms with van der Waals surface area (Å²) in [6.45, 7) is 6.42. The lowest BCUT2D eigenvalue weighted by molar-refractivity contribution is -0.127. The second-order valence-electron chi connectivity index (χ2n) is 6.28. The highest BCUT2D eigenvalue weighted by atomic mass is 16.5. The molecule has 0 aliphatic rings. The maximum Gasteiger partial charge on any atom is 0.260 e. The van der Waals surface area contributed by atoms with Crippen LogP contribution >= 0.6 is 0 Å². The van der Waals surface area contributed by atoms with Crippen molar-refractivity contribution in [2.75, 3.05) is 13.7 Å². The van der Waals surface area contributed by atoms with E-state index in [-0.39, 0.29) is 5.91 Å². The minimum Gasteiger partial charge on any atom is -0.497 e. The van der Waals surface area contributed by atoms with E-state index in [1.807, 2.05) is 50.2 Å². The molecule has 134 valence electrons. The van der Waals surface area contributed by atoms with Crippen LogP contribution in [0.1, 0.15) is 30.0 Å². The van der Waals surface area contributed by atoms with Crippen molar-refractivity contribution >= 4 is 5.91 Å². The van der Waals surface area contributed by atoms with E-state index in [1.165, 1.54) is 11.1 Å². The van der Waals surface area contributed by atoms with Gasteiger partial charge in [-0.1, -0.05) is 29.8 Å². The third-order valence-corrected chi connectivity index (χ3v) is 4.08. The summed E-state index contributed by atoms with van der Waals surface area (Å²) >= 11 is 0. The fourth-order valence-electron chi connectivity index (χ4n) is 2.65. The van der Waals surface area contributed by atoms with Gasteiger partial charge in [0, 0.05) is 6.54 Å². The van der Waals surface area contributed by atoms with Crippen LogP contribution < -0.4 is 14.8 Å². The second-order valence-corrected chi connectivity index (χ2v) is 6.28. The number of rotatable bonds is 8. The molecule has 0 bridgehead atoms. The highest BCUT2D eigenvalue weighted by Crippen LogP contribution is 2.20. The van der Waals surface area contributed by atoms with E-state index < -0.39 is 6.10 Å². The Kier molecular flexibility index (Phi) is 6.87. The van der Waals surface area contributed by atoms with Crippen LogP contribution in [0.3, 0.4) is 0 Å². The van der Waals surface area contributed by atoms with Crippen molar-refractivity contribution in [2.24, 2.45) is 0 Å². The highest BCUT2D eigenvalue weighted by molar-refractivity contribution is 5.80. The van der Waals surface area contributed by atoms with Gasteiger partial charge in [-0.2, -0.15) is 0 Å². The second kappa shape index (κ2) is 9.11. The van der Waals surface area contributed by atoms with Gasteiger partial charge in [0.2, 0.25) is 0 Å². The Labute approximate surface area is 150 Å². The van der Waals surface area contributed by atoms with Gasteiger partial charge in [-0.15, -0.1) is 0 Å². The van der Waals surface area contributed by atoms with E-state index in [4.69, 9.17) is 9.47 Å². The standard InChI is InChI=1S/C21H27NO3/c1-15-10-11-20(16(2)13-15)25-17(3)21(23)22-12-6-8-18-7-5-9-19(14-18)24-4/h5,7,9-11,13-14,17H,6,8,12H2,1-4H3,(H,22,23)/t17-/m1/s1. The summed E-state index contributed by atoms with van der Waals surface area (Å²) in [5.74, 6) is 1.52. The predicted octanol–water partition coefficient (Wildman–Crippen LogP) is 3.83. The van der Waals surface area contributed by atoms with Gasteiger partial charge in [-0.3, -0.25) is 4.79 Å². The first kappa shape index (κ1) is 18.8. The zero-order valence-electron chi connectivity index (χ0n) is 15.5. The smallest absolute Gasteiger partial charge is 0.260 e. The Balaban J connectivity index is 1.75. The number of hydrogen-bond acceptors (Lipinski definition) is 3. The quantitative estimate of drug-likeness (QED) is 0.742. The largest absolute Gasteiger partial charge is 0.497 e. The Morgan fingerprint density at radius 1 is 1.16 bits per heavy atom. The van der Waals surface area contributed by atoms with Crippen molar-refractivity contribution in [1.29, 1.82) is 0 Å². The number of benzene rings is 2. The lowest BCUT2D eigenvalue weighted by atomic mass is 10.1. The van der Waals surface area contributed by atoms with Gasteiger partial charge in [-0.25, -0.2) is 0 Å². The summed E-state index contributed by atoms with van der Waals surface area (Å²) in [6, 6.07) is 13.9. The SMILES string of the molecule is COc1cccc(CCCNC(=O)[C@@H](C)Oc2ccc(C)cc2C)c1. The average molecular weight is 341 g/mol. The lowest BCUT2D eigenvalue weighted by Gasteiger charge is -2.16. The summed E-state index contributed by atoms with van der Waals surface area (Å²) in [5.41, 5.74) is 3.42. The van der Waals surface area contributed by atoms with Crippen molar-refractivity contribution in [1.82, 2.24) is 5.32 Å². The molecule has 4 heteroatoms. The molecular weight excluding hydrogens is 314 g/mol. The van der Waals surface area contributed by atoms with E-state index in [1.54, 1.807) is 14.0 Å². The molecule has 0 aliphatic heterocycles. The van der Waals surface area contributed by atoms with Gasteiger partial charge < -0.3 is 14.8 Å².